The molecule has 6 nitrogen and oxygen atoms in total. The molecule has 28 heavy (non-hydrogen) atoms. The van der Waals surface area contributed by atoms with Gasteiger partial charge in [-0.3, -0.25) is 4.79 Å². The van der Waals surface area contributed by atoms with Gasteiger partial charge in [-0.25, -0.2) is 4.79 Å². The van der Waals surface area contributed by atoms with Crippen molar-refractivity contribution < 1.29 is 29.6 Å². The zero-order chi connectivity index (χ0) is 20.1. The maximum absolute atomic E-state index is 11.9. The van der Waals surface area contributed by atoms with Crippen molar-refractivity contribution in [3.8, 4) is 5.75 Å². The SMILES string of the molecule is C[C@]12CCC3c4ccc(OC(=O)C(O)CC(=O)O)cc4CCC3C1CC[C@@H]2O. The smallest absolute Gasteiger partial charge is 0.340 e. The van der Waals surface area contributed by atoms with Crippen molar-refractivity contribution in [2.75, 3.05) is 0 Å². The van der Waals surface area contributed by atoms with Gasteiger partial charge in [0.05, 0.1) is 12.5 Å². The predicted molar refractivity (Wildman–Crippen MR) is 101 cm³/mol. The number of aliphatic hydroxyl groups is 2. The Morgan fingerprint density at radius 1 is 1.25 bits per heavy atom. The molecule has 0 aliphatic heterocycles. The summed E-state index contributed by atoms with van der Waals surface area (Å²) in [5.41, 5.74) is 2.53. The fraction of sp³-hybridized carbons (Fsp3) is 0.636. The van der Waals surface area contributed by atoms with Gasteiger partial charge in [-0.1, -0.05) is 13.0 Å². The Bertz CT molecular complexity index is 789. The van der Waals surface area contributed by atoms with Crippen molar-refractivity contribution in [3.63, 3.8) is 0 Å². The van der Waals surface area contributed by atoms with Crippen LogP contribution in [0.4, 0.5) is 0 Å². The highest BCUT2D eigenvalue weighted by atomic mass is 16.5. The summed E-state index contributed by atoms with van der Waals surface area (Å²) in [5.74, 6) is -0.197. The van der Waals surface area contributed by atoms with Crippen LogP contribution in [0.1, 0.15) is 62.5 Å². The number of carboxylic acid groups (broad SMARTS) is 1. The van der Waals surface area contributed by atoms with E-state index in [1.807, 2.05) is 12.1 Å². The summed E-state index contributed by atoms with van der Waals surface area (Å²) in [5, 5.41) is 28.8. The van der Waals surface area contributed by atoms with E-state index in [4.69, 9.17) is 9.84 Å². The van der Waals surface area contributed by atoms with Crippen LogP contribution in [-0.2, 0) is 16.0 Å². The summed E-state index contributed by atoms with van der Waals surface area (Å²) in [4.78, 5) is 22.5. The number of aliphatic hydroxyl groups excluding tert-OH is 2. The summed E-state index contributed by atoms with van der Waals surface area (Å²) in [7, 11) is 0. The Labute approximate surface area is 164 Å². The molecule has 0 amide bonds. The second kappa shape index (κ2) is 7.16. The summed E-state index contributed by atoms with van der Waals surface area (Å²) in [6, 6.07) is 5.62. The molecule has 2 saturated carbocycles. The third-order valence-electron chi connectivity index (χ3n) is 7.51. The minimum atomic E-state index is -1.66. The molecule has 0 spiro atoms. The van der Waals surface area contributed by atoms with Crippen LogP contribution in [0.2, 0.25) is 0 Å². The number of ether oxygens (including phenoxy) is 1. The van der Waals surface area contributed by atoms with Crippen molar-refractivity contribution in [2.24, 2.45) is 17.3 Å². The van der Waals surface area contributed by atoms with Crippen LogP contribution in [0.25, 0.3) is 0 Å². The molecular weight excluding hydrogens is 360 g/mol. The first-order valence-corrected chi connectivity index (χ1v) is 10.2. The molecule has 1 aromatic rings. The van der Waals surface area contributed by atoms with Crippen LogP contribution in [0.15, 0.2) is 18.2 Å². The Kier molecular flexibility index (Phi) is 4.96. The summed E-state index contributed by atoms with van der Waals surface area (Å²) >= 11 is 0. The first-order valence-electron chi connectivity index (χ1n) is 10.2. The second-order valence-electron chi connectivity index (χ2n) is 8.95. The molecule has 0 aromatic heterocycles. The molecule has 3 aliphatic carbocycles. The summed E-state index contributed by atoms with van der Waals surface area (Å²) in [6.07, 6.45) is 3.58. The number of hydrogen-bond acceptors (Lipinski definition) is 5. The molecule has 4 rings (SSSR count). The number of aryl methyl sites for hydroxylation is 1. The molecule has 6 heteroatoms. The van der Waals surface area contributed by atoms with Crippen LogP contribution in [0.3, 0.4) is 0 Å². The Hall–Kier alpha value is -1.92. The van der Waals surface area contributed by atoms with Gasteiger partial charge in [0.25, 0.3) is 0 Å². The summed E-state index contributed by atoms with van der Waals surface area (Å²) < 4.78 is 5.19. The maximum Gasteiger partial charge on any atom is 0.340 e. The molecule has 2 fully saturated rings. The van der Waals surface area contributed by atoms with Gasteiger partial charge in [0, 0.05) is 0 Å². The number of carboxylic acids is 1. The number of esters is 1. The van der Waals surface area contributed by atoms with Crippen molar-refractivity contribution in [1.82, 2.24) is 0 Å². The molecule has 0 radical (unpaired) electrons. The van der Waals surface area contributed by atoms with Gasteiger partial charge in [-0.15, -0.1) is 0 Å². The van der Waals surface area contributed by atoms with Crippen LogP contribution >= 0.6 is 0 Å². The topological polar surface area (TPSA) is 104 Å². The van der Waals surface area contributed by atoms with Crippen molar-refractivity contribution in [1.29, 1.82) is 0 Å². The monoisotopic (exact) mass is 388 g/mol. The van der Waals surface area contributed by atoms with Gasteiger partial charge in [-0.05, 0) is 85.0 Å². The third kappa shape index (κ3) is 3.22. The molecule has 3 aliphatic rings. The van der Waals surface area contributed by atoms with Crippen LogP contribution in [-0.4, -0.2) is 39.5 Å². The molecule has 0 bridgehead atoms. The van der Waals surface area contributed by atoms with Gasteiger partial charge in [0.15, 0.2) is 6.10 Å². The van der Waals surface area contributed by atoms with Crippen LogP contribution in [0.5, 0.6) is 5.75 Å². The molecule has 0 saturated heterocycles. The fourth-order valence-corrected chi connectivity index (χ4v) is 6.03. The number of carbonyl (C=O) groups is 2. The molecule has 152 valence electrons. The van der Waals surface area contributed by atoms with Crippen LogP contribution < -0.4 is 4.74 Å². The van der Waals surface area contributed by atoms with E-state index in [1.54, 1.807) is 6.07 Å². The van der Waals surface area contributed by atoms with Gasteiger partial charge in [-0.2, -0.15) is 0 Å². The maximum atomic E-state index is 11.9. The average molecular weight is 388 g/mol. The molecule has 6 atom stereocenters. The van der Waals surface area contributed by atoms with E-state index in [0.29, 0.717) is 23.5 Å². The van der Waals surface area contributed by atoms with Crippen molar-refractivity contribution in [3.05, 3.63) is 29.3 Å². The number of hydrogen-bond donors (Lipinski definition) is 3. The van der Waals surface area contributed by atoms with Gasteiger partial charge >= 0.3 is 11.9 Å². The standard InChI is InChI=1S/C22H28O6/c1-22-9-8-15-14-5-3-13(28-21(27)18(23)11-20(25)26)10-12(14)2-4-16(15)17(22)6-7-19(22)24/h3,5,10,15-19,23-24H,2,4,6-9,11H2,1H3,(H,25,26)/t15?,16?,17?,18?,19-,22-/m0/s1. The van der Waals surface area contributed by atoms with Gasteiger partial charge in [0.1, 0.15) is 5.75 Å². The Morgan fingerprint density at radius 3 is 2.79 bits per heavy atom. The molecule has 1 aromatic carbocycles. The average Bonchev–Trinajstić information content (AvgIpc) is 2.95. The van der Waals surface area contributed by atoms with E-state index in [1.165, 1.54) is 11.1 Å². The molecule has 0 heterocycles. The van der Waals surface area contributed by atoms with E-state index < -0.39 is 24.5 Å². The first kappa shape index (κ1) is 19.4. The minimum absolute atomic E-state index is 0.0500. The zero-order valence-electron chi connectivity index (χ0n) is 16.1. The van der Waals surface area contributed by atoms with E-state index in [2.05, 4.69) is 6.92 Å². The summed E-state index contributed by atoms with van der Waals surface area (Å²) in [6.45, 7) is 2.26. The predicted octanol–water partition coefficient (Wildman–Crippen LogP) is 2.64. The lowest BCUT2D eigenvalue weighted by Gasteiger charge is -2.50. The number of rotatable bonds is 4. The van der Waals surface area contributed by atoms with Crippen molar-refractivity contribution in [2.45, 2.75) is 70.0 Å². The quantitative estimate of drug-likeness (QED) is 0.541. The van der Waals surface area contributed by atoms with E-state index in [9.17, 15) is 19.8 Å². The Balaban J connectivity index is 1.50. The molecule has 4 unspecified atom stereocenters. The minimum Gasteiger partial charge on any atom is -0.481 e. The lowest BCUT2D eigenvalue weighted by Crippen LogP contribution is -2.43. The normalized spacial score (nSPS) is 34.7. The highest BCUT2D eigenvalue weighted by Crippen LogP contribution is 2.60. The number of fused-ring (bicyclic) bond motifs is 5. The Morgan fingerprint density at radius 2 is 2.04 bits per heavy atom. The fourth-order valence-electron chi connectivity index (χ4n) is 6.03. The van der Waals surface area contributed by atoms with Crippen molar-refractivity contribution >= 4 is 11.9 Å². The molecular formula is C22H28O6. The second-order valence-corrected chi connectivity index (χ2v) is 8.95. The van der Waals surface area contributed by atoms with E-state index in [0.717, 1.165) is 38.5 Å². The highest BCUT2D eigenvalue weighted by Gasteiger charge is 2.54. The number of benzene rings is 1. The number of carbonyl (C=O) groups excluding carboxylic acids is 1. The largest absolute Gasteiger partial charge is 0.481 e. The highest BCUT2D eigenvalue weighted by molar-refractivity contribution is 5.82. The van der Waals surface area contributed by atoms with E-state index >= 15 is 0 Å². The number of aliphatic carboxylic acids is 1. The van der Waals surface area contributed by atoms with Crippen LogP contribution in [0, 0.1) is 17.3 Å². The lowest BCUT2D eigenvalue weighted by atomic mass is 9.55. The molecule has 3 N–H and O–H groups in total. The first-order chi connectivity index (χ1) is 13.3. The van der Waals surface area contributed by atoms with Gasteiger partial charge in [0.2, 0.25) is 0 Å². The van der Waals surface area contributed by atoms with E-state index in [-0.39, 0.29) is 11.5 Å². The lowest BCUT2D eigenvalue weighted by molar-refractivity contribution is -0.150. The zero-order valence-corrected chi connectivity index (χ0v) is 16.1. The van der Waals surface area contributed by atoms with Gasteiger partial charge < -0.3 is 20.1 Å². The third-order valence-corrected chi connectivity index (χ3v) is 7.51.